The van der Waals surface area contributed by atoms with Gasteiger partial charge >= 0.3 is 0 Å². The molecule has 0 radical (unpaired) electrons. The third-order valence-corrected chi connectivity index (χ3v) is 6.45. The number of hydrogen-bond acceptors (Lipinski definition) is 3. The zero-order valence-electron chi connectivity index (χ0n) is 17.9. The maximum absolute atomic E-state index is 13.5. The lowest BCUT2D eigenvalue weighted by Gasteiger charge is -2.39. The van der Waals surface area contributed by atoms with E-state index in [9.17, 15) is 9.59 Å². The largest absolute Gasteiger partial charge is 0.339 e. The van der Waals surface area contributed by atoms with Crippen LogP contribution < -0.4 is 10.2 Å². The van der Waals surface area contributed by atoms with Crippen LogP contribution in [0.2, 0.25) is 0 Å². The summed E-state index contributed by atoms with van der Waals surface area (Å²) < 4.78 is 0. The number of nitrogens with zero attached hydrogens (tertiary/aromatic N) is 2. The van der Waals surface area contributed by atoms with Crippen LogP contribution in [0.15, 0.2) is 54.6 Å². The predicted molar refractivity (Wildman–Crippen MR) is 120 cm³/mol. The average molecular weight is 406 g/mol. The second-order valence-corrected chi connectivity index (χ2v) is 8.79. The number of amides is 2. The van der Waals surface area contributed by atoms with Crippen LogP contribution in [-0.4, -0.2) is 35.5 Å². The van der Waals surface area contributed by atoms with Gasteiger partial charge < -0.3 is 15.1 Å². The molecule has 1 N–H and O–H groups in total. The van der Waals surface area contributed by atoms with E-state index in [2.05, 4.69) is 36.2 Å². The van der Waals surface area contributed by atoms with E-state index in [0.717, 1.165) is 42.6 Å². The van der Waals surface area contributed by atoms with Crippen molar-refractivity contribution in [3.63, 3.8) is 0 Å². The molecule has 2 amide bonds. The standard InChI is InChI=1S/C25H31N3O2/c1-19(2)21-13-7-8-14-22(21)26-23(29)17-27-18-28(20-11-5-3-6-12-20)25(24(27)30)15-9-4-10-16-25/h3,5-8,11-14,19H,4,9-10,15-18H2,1-2H3,(H,26,29). The molecule has 0 atom stereocenters. The lowest BCUT2D eigenvalue weighted by molar-refractivity contribution is -0.135. The fourth-order valence-electron chi connectivity index (χ4n) is 4.94. The maximum atomic E-state index is 13.5. The van der Waals surface area contributed by atoms with Crippen molar-refractivity contribution in [1.82, 2.24) is 4.90 Å². The van der Waals surface area contributed by atoms with Crippen molar-refractivity contribution in [2.45, 2.75) is 57.4 Å². The Morgan fingerprint density at radius 3 is 2.37 bits per heavy atom. The van der Waals surface area contributed by atoms with E-state index in [1.165, 1.54) is 6.42 Å². The number of hydrogen-bond donors (Lipinski definition) is 1. The van der Waals surface area contributed by atoms with Gasteiger partial charge in [0.1, 0.15) is 12.1 Å². The molecule has 1 aliphatic carbocycles. The summed E-state index contributed by atoms with van der Waals surface area (Å²) >= 11 is 0. The summed E-state index contributed by atoms with van der Waals surface area (Å²) in [4.78, 5) is 30.4. The third kappa shape index (κ3) is 3.81. The van der Waals surface area contributed by atoms with Gasteiger partial charge in [-0.1, -0.05) is 69.5 Å². The second kappa shape index (κ2) is 8.50. The highest BCUT2D eigenvalue weighted by molar-refractivity contribution is 5.99. The highest BCUT2D eigenvalue weighted by atomic mass is 16.2. The SMILES string of the molecule is CC(C)c1ccccc1NC(=O)CN1CN(c2ccccc2)C2(CCCCC2)C1=O. The van der Waals surface area contributed by atoms with E-state index in [0.29, 0.717) is 12.6 Å². The van der Waals surface area contributed by atoms with Gasteiger partial charge in [0.2, 0.25) is 11.8 Å². The van der Waals surface area contributed by atoms with E-state index in [4.69, 9.17) is 0 Å². The summed E-state index contributed by atoms with van der Waals surface area (Å²) in [5, 5.41) is 3.03. The summed E-state index contributed by atoms with van der Waals surface area (Å²) in [5.41, 5.74) is 2.49. The van der Waals surface area contributed by atoms with Crippen molar-refractivity contribution >= 4 is 23.2 Å². The lowest BCUT2D eigenvalue weighted by Crippen LogP contribution is -2.51. The molecule has 2 fully saturated rings. The van der Waals surface area contributed by atoms with Crippen molar-refractivity contribution in [2.24, 2.45) is 0 Å². The number of carbonyl (C=O) groups excluding carboxylic acids is 2. The summed E-state index contributed by atoms with van der Waals surface area (Å²) in [6, 6.07) is 18.0. The Morgan fingerprint density at radius 2 is 1.67 bits per heavy atom. The van der Waals surface area contributed by atoms with Gasteiger partial charge in [0.05, 0.1) is 6.67 Å². The summed E-state index contributed by atoms with van der Waals surface area (Å²) in [6.07, 6.45) is 4.99. The van der Waals surface area contributed by atoms with Crippen LogP contribution in [0.5, 0.6) is 0 Å². The first-order valence-electron chi connectivity index (χ1n) is 11.0. The third-order valence-electron chi connectivity index (χ3n) is 6.45. The van der Waals surface area contributed by atoms with E-state index < -0.39 is 5.54 Å². The number of carbonyl (C=O) groups is 2. The summed E-state index contributed by atoms with van der Waals surface area (Å²) in [5.74, 6) is 0.268. The fourth-order valence-corrected chi connectivity index (χ4v) is 4.94. The van der Waals surface area contributed by atoms with Gasteiger partial charge in [-0.05, 0) is 42.5 Å². The molecule has 1 saturated heterocycles. The predicted octanol–water partition coefficient (Wildman–Crippen LogP) is 4.76. The minimum absolute atomic E-state index is 0.0797. The number of para-hydroxylation sites is 2. The van der Waals surface area contributed by atoms with Gasteiger partial charge in [-0.2, -0.15) is 0 Å². The molecule has 0 unspecified atom stereocenters. The fraction of sp³-hybridized carbons (Fsp3) is 0.440. The number of benzene rings is 2. The van der Waals surface area contributed by atoms with Gasteiger partial charge in [0, 0.05) is 11.4 Å². The maximum Gasteiger partial charge on any atom is 0.250 e. The Kier molecular flexibility index (Phi) is 5.80. The molecule has 1 spiro atoms. The molecule has 30 heavy (non-hydrogen) atoms. The minimum atomic E-state index is -0.504. The van der Waals surface area contributed by atoms with E-state index >= 15 is 0 Å². The Bertz CT molecular complexity index is 904. The Balaban J connectivity index is 1.53. The molecule has 0 aromatic heterocycles. The minimum Gasteiger partial charge on any atom is -0.339 e. The molecule has 0 bridgehead atoms. The molecule has 5 nitrogen and oxygen atoms in total. The van der Waals surface area contributed by atoms with Gasteiger partial charge in [-0.3, -0.25) is 9.59 Å². The molecular weight excluding hydrogens is 374 g/mol. The Morgan fingerprint density at radius 1 is 1.00 bits per heavy atom. The molecule has 2 aromatic rings. The van der Waals surface area contributed by atoms with Crippen LogP contribution in [0.1, 0.15) is 57.4 Å². The van der Waals surface area contributed by atoms with Gasteiger partial charge in [-0.15, -0.1) is 0 Å². The monoisotopic (exact) mass is 405 g/mol. The average Bonchev–Trinajstić information content (AvgIpc) is 3.01. The van der Waals surface area contributed by atoms with Crippen molar-refractivity contribution < 1.29 is 9.59 Å². The van der Waals surface area contributed by atoms with Crippen molar-refractivity contribution in [1.29, 1.82) is 0 Å². The Labute approximate surface area is 179 Å². The number of nitrogens with one attached hydrogen (secondary N) is 1. The van der Waals surface area contributed by atoms with E-state index in [1.54, 1.807) is 4.90 Å². The zero-order valence-corrected chi connectivity index (χ0v) is 17.9. The van der Waals surface area contributed by atoms with E-state index in [-0.39, 0.29) is 18.4 Å². The van der Waals surface area contributed by atoms with E-state index in [1.807, 2.05) is 42.5 Å². The molecule has 2 aliphatic rings. The number of rotatable bonds is 5. The van der Waals surface area contributed by atoms with Crippen LogP contribution in [-0.2, 0) is 9.59 Å². The zero-order chi connectivity index (χ0) is 21.1. The summed E-state index contributed by atoms with van der Waals surface area (Å²) in [6.45, 7) is 4.76. The smallest absolute Gasteiger partial charge is 0.250 e. The van der Waals surface area contributed by atoms with Crippen LogP contribution >= 0.6 is 0 Å². The molecule has 5 heteroatoms. The first-order valence-corrected chi connectivity index (χ1v) is 11.0. The highest BCUT2D eigenvalue weighted by Gasteiger charge is 2.52. The topological polar surface area (TPSA) is 52.7 Å². The molecular formula is C25H31N3O2. The van der Waals surface area contributed by atoms with Crippen LogP contribution in [0.3, 0.4) is 0 Å². The molecule has 158 valence electrons. The molecule has 1 heterocycles. The summed E-state index contributed by atoms with van der Waals surface area (Å²) in [7, 11) is 0. The van der Waals surface area contributed by atoms with Crippen LogP contribution in [0, 0.1) is 0 Å². The van der Waals surface area contributed by atoms with Crippen molar-refractivity contribution in [3.05, 3.63) is 60.2 Å². The van der Waals surface area contributed by atoms with Crippen LogP contribution in [0.4, 0.5) is 11.4 Å². The quantitative estimate of drug-likeness (QED) is 0.780. The van der Waals surface area contributed by atoms with Gasteiger partial charge in [0.25, 0.3) is 0 Å². The highest BCUT2D eigenvalue weighted by Crippen LogP contribution is 2.42. The normalized spacial score (nSPS) is 18.3. The van der Waals surface area contributed by atoms with Crippen molar-refractivity contribution in [3.8, 4) is 0 Å². The number of anilines is 2. The lowest BCUT2D eigenvalue weighted by atomic mass is 9.80. The van der Waals surface area contributed by atoms with Crippen LogP contribution in [0.25, 0.3) is 0 Å². The molecule has 4 rings (SSSR count). The van der Waals surface area contributed by atoms with Gasteiger partial charge in [0.15, 0.2) is 0 Å². The molecule has 2 aromatic carbocycles. The Hall–Kier alpha value is -2.82. The first kappa shape index (κ1) is 20.5. The molecule has 1 saturated carbocycles. The molecule has 1 aliphatic heterocycles. The first-order chi connectivity index (χ1) is 14.5. The van der Waals surface area contributed by atoms with Gasteiger partial charge in [-0.25, -0.2) is 0 Å². The van der Waals surface area contributed by atoms with Crippen molar-refractivity contribution in [2.75, 3.05) is 23.4 Å². The second-order valence-electron chi connectivity index (χ2n) is 8.79.